The van der Waals surface area contributed by atoms with Crippen molar-refractivity contribution in [2.24, 2.45) is 5.92 Å². The Bertz CT molecular complexity index is 991. The molecule has 2 aromatic carbocycles. The number of nitrogens with one attached hydrogen (secondary N) is 1. The summed E-state index contributed by atoms with van der Waals surface area (Å²) in [6, 6.07) is 11.4. The minimum atomic E-state index is -3.75. The van der Waals surface area contributed by atoms with E-state index < -0.39 is 27.9 Å². The van der Waals surface area contributed by atoms with E-state index in [-0.39, 0.29) is 21.4 Å². The number of sulfonamides is 1. The van der Waals surface area contributed by atoms with Crippen molar-refractivity contribution in [3.8, 4) is 5.75 Å². The molecule has 0 saturated carbocycles. The van der Waals surface area contributed by atoms with Crippen LogP contribution < -0.4 is 10.1 Å². The second-order valence-electron chi connectivity index (χ2n) is 6.86. The fourth-order valence-corrected chi connectivity index (χ4v) is 3.57. The van der Waals surface area contributed by atoms with Crippen LogP contribution in [0.2, 0.25) is 5.02 Å². The van der Waals surface area contributed by atoms with E-state index in [0.717, 1.165) is 4.31 Å². The van der Waals surface area contributed by atoms with E-state index in [9.17, 15) is 18.0 Å². The van der Waals surface area contributed by atoms with E-state index in [1.54, 1.807) is 44.2 Å². The van der Waals surface area contributed by atoms with Gasteiger partial charge in [0.1, 0.15) is 11.8 Å². The molecule has 0 aromatic heterocycles. The van der Waals surface area contributed by atoms with Gasteiger partial charge in [-0.25, -0.2) is 17.5 Å². The average molecular weight is 439 g/mol. The van der Waals surface area contributed by atoms with Crippen molar-refractivity contribution in [1.82, 2.24) is 9.62 Å². The smallest absolute Gasteiger partial charge is 0.334 e. The fraction of sp³-hybridized carbons (Fsp3) is 0.300. The Morgan fingerprint density at radius 1 is 1.07 bits per heavy atom. The zero-order valence-electron chi connectivity index (χ0n) is 16.5. The molecule has 0 aliphatic rings. The van der Waals surface area contributed by atoms with Gasteiger partial charge in [-0.1, -0.05) is 43.6 Å². The Kier molecular flexibility index (Phi) is 7.40. The first-order chi connectivity index (χ1) is 13.5. The first-order valence-electron chi connectivity index (χ1n) is 8.83. The van der Waals surface area contributed by atoms with Gasteiger partial charge in [-0.3, -0.25) is 4.79 Å². The number of para-hydroxylation sites is 1. The molecule has 0 fully saturated rings. The van der Waals surface area contributed by atoms with Gasteiger partial charge in [-0.05, 0) is 36.2 Å². The number of carbonyl (C=O) groups excluding carboxylic acids is 2. The van der Waals surface area contributed by atoms with E-state index in [1.807, 2.05) is 0 Å². The van der Waals surface area contributed by atoms with Crippen LogP contribution in [0, 0.1) is 5.92 Å². The van der Waals surface area contributed by atoms with Crippen molar-refractivity contribution in [2.75, 3.05) is 14.1 Å². The number of hydrogen-bond acceptors (Lipinski definition) is 5. The van der Waals surface area contributed by atoms with Crippen molar-refractivity contribution in [3.05, 3.63) is 59.1 Å². The number of esters is 1. The number of carbonyl (C=O) groups is 2. The second kappa shape index (κ2) is 9.39. The molecule has 2 aromatic rings. The van der Waals surface area contributed by atoms with Gasteiger partial charge in [-0.2, -0.15) is 0 Å². The number of halogens is 1. The van der Waals surface area contributed by atoms with E-state index in [2.05, 4.69) is 5.32 Å². The summed E-state index contributed by atoms with van der Waals surface area (Å²) in [5.41, 5.74) is -0.0484. The normalized spacial score (nSPS) is 12.7. The van der Waals surface area contributed by atoms with E-state index in [0.29, 0.717) is 5.75 Å². The third-order valence-corrected chi connectivity index (χ3v) is 6.27. The average Bonchev–Trinajstić information content (AvgIpc) is 2.66. The molecule has 0 aliphatic carbocycles. The molecule has 0 aliphatic heterocycles. The molecule has 0 unspecified atom stereocenters. The van der Waals surface area contributed by atoms with E-state index in [4.69, 9.17) is 16.3 Å². The summed E-state index contributed by atoms with van der Waals surface area (Å²) in [4.78, 5) is 25.2. The van der Waals surface area contributed by atoms with Crippen molar-refractivity contribution in [3.63, 3.8) is 0 Å². The maximum absolute atomic E-state index is 12.8. The van der Waals surface area contributed by atoms with Gasteiger partial charge in [0.25, 0.3) is 5.91 Å². The minimum Gasteiger partial charge on any atom is -0.425 e. The first kappa shape index (κ1) is 22.9. The maximum atomic E-state index is 12.8. The lowest BCUT2D eigenvalue weighted by molar-refractivity contribution is -0.137. The Hall–Kier alpha value is -2.42. The Balaban J connectivity index is 2.27. The van der Waals surface area contributed by atoms with Crippen LogP contribution in [0.3, 0.4) is 0 Å². The van der Waals surface area contributed by atoms with Gasteiger partial charge in [0.05, 0.1) is 15.5 Å². The molecule has 1 atom stereocenters. The summed E-state index contributed by atoms with van der Waals surface area (Å²) in [7, 11) is -0.974. The van der Waals surface area contributed by atoms with Gasteiger partial charge in [0.15, 0.2) is 0 Å². The number of nitrogens with zero attached hydrogens (tertiary/aromatic N) is 1. The summed E-state index contributed by atoms with van der Waals surface area (Å²) < 4.78 is 31.0. The second-order valence-corrected chi connectivity index (χ2v) is 9.42. The van der Waals surface area contributed by atoms with Crippen molar-refractivity contribution >= 4 is 33.5 Å². The standard InChI is InChI=1S/C20H23ClN2O5S/c1-13(2)18(20(25)28-14-8-6-5-7-9-14)22-19(24)16-12-15(10-11-17(16)21)29(26,27)23(3)4/h5-13,18H,1-4H3,(H,22,24)/t18-/m1/s1. The largest absolute Gasteiger partial charge is 0.425 e. The first-order valence-corrected chi connectivity index (χ1v) is 10.7. The van der Waals surface area contributed by atoms with Gasteiger partial charge < -0.3 is 10.1 Å². The van der Waals surface area contributed by atoms with E-state index in [1.165, 1.54) is 32.3 Å². The van der Waals surface area contributed by atoms with Crippen molar-refractivity contribution in [2.45, 2.75) is 24.8 Å². The van der Waals surface area contributed by atoms with Crippen LogP contribution in [0.15, 0.2) is 53.4 Å². The molecule has 0 bridgehead atoms. The molecule has 0 spiro atoms. The van der Waals surface area contributed by atoms with Gasteiger partial charge >= 0.3 is 5.97 Å². The molecule has 7 nitrogen and oxygen atoms in total. The van der Waals surface area contributed by atoms with Crippen LogP contribution in [0.25, 0.3) is 0 Å². The molecule has 156 valence electrons. The van der Waals surface area contributed by atoms with Crippen LogP contribution in [0.4, 0.5) is 0 Å². The van der Waals surface area contributed by atoms with Crippen LogP contribution >= 0.6 is 11.6 Å². The maximum Gasteiger partial charge on any atom is 0.334 e. The van der Waals surface area contributed by atoms with Gasteiger partial charge in [0.2, 0.25) is 10.0 Å². The van der Waals surface area contributed by atoms with Crippen LogP contribution in [0.1, 0.15) is 24.2 Å². The number of rotatable bonds is 7. The highest BCUT2D eigenvalue weighted by atomic mass is 35.5. The molecular formula is C20H23ClN2O5S. The summed E-state index contributed by atoms with van der Waals surface area (Å²) in [5.74, 6) is -1.22. The predicted octanol–water partition coefficient (Wildman–Crippen LogP) is 2.95. The monoisotopic (exact) mass is 438 g/mol. The molecule has 0 saturated heterocycles. The summed E-state index contributed by atoms with van der Waals surface area (Å²) in [6.45, 7) is 3.51. The zero-order chi connectivity index (χ0) is 21.8. The number of hydrogen-bond donors (Lipinski definition) is 1. The lowest BCUT2D eigenvalue weighted by atomic mass is 10.0. The predicted molar refractivity (Wildman–Crippen MR) is 110 cm³/mol. The Labute approximate surface area is 175 Å². The molecule has 2 rings (SSSR count). The van der Waals surface area contributed by atoms with Crippen LogP contribution in [-0.2, 0) is 14.8 Å². The molecule has 9 heteroatoms. The SMILES string of the molecule is CC(C)[C@@H](NC(=O)c1cc(S(=O)(=O)N(C)C)ccc1Cl)C(=O)Oc1ccccc1. The number of amides is 1. The zero-order valence-corrected chi connectivity index (χ0v) is 18.1. The number of benzene rings is 2. The topological polar surface area (TPSA) is 92.8 Å². The molecule has 0 radical (unpaired) electrons. The van der Waals surface area contributed by atoms with Crippen LogP contribution in [0.5, 0.6) is 5.75 Å². The Morgan fingerprint density at radius 2 is 1.69 bits per heavy atom. The quantitative estimate of drug-likeness (QED) is 0.530. The molecule has 1 amide bonds. The van der Waals surface area contributed by atoms with Gasteiger partial charge in [0, 0.05) is 14.1 Å². The lowest BCUT2D eigenvalue weighted by Gasteiger charge is -2.21. The van der Waals surface area contributed by atoms with Gasteiger partial charge in [-0.15, -0.1) is 0 Å². The molecule has 29 heavy (non-hydrogen) atoms. The molecular weight excluding hydrogens is 416 g/mol. The number of ether oxygens (including phenoxy) is 1. The van der Waals surface area contributed by atoms with E-state index >= 15 is 0 Å². The highest BCUT2D eigenvalue weighted by Gasteiger charge is 2.28. The third kappa shape index (κ3) is 5.56. The van der Waals surface area contributed by atoms with Crippen molar-refractivity contribution < 1.29 is 22.7 Å². The summed E-state index contributed by atoms with van der Waals surface area (Å²) in [5, 5.41) is 2.66. The summed E-state index contributed by atoms with van der Waals surface area (Å²) in [6.07, 6.45) is 0. The minimum absolute atomic E-state index is 0.0484. The van der Waals surface area contributed by atoms with Crippen molar-refractivity contribution in [1.29, 1.82) is 0 Å². The highest BCUT2D eigenvalue weighted by Crippen LogP contribution is 2.23. The fourth-order valence-electron chi connectivity index (χ4n) is 2.43. The molecule has 0 heterocycles. The third-order valence-electron chi connectivity index (χ3n) is 4.13. The highest BCUT2D eigenvalue weighted by molar-refractivity contribution is 7.89. The molecule has 1 N–H and O–H groups in total. The van der Waals surface area contributed by atoms with Crippen LogP contribution in [-0.4, -0.2) is 44.7 Å². The summed E-state index contributed by atoms with van der Waals surface area (Å²) >= 11 is 6.11. The lowest BCUT2D eigenvalue weighted by Crippen LogP contribution is -2.46. The Morgan fingerprint density at radius 3 is 2.24 bits per heavy atom.